The van der Waals surface area contributed by atoms with Crippen molar-refractivity contribution in [2.24, 2.45) is 0 Å². The fourth-order valence-corrected chi connectivity index (χ4v) is 1.80. The number of rotatable bonds is 7. The molecule has 2 atom stereocenters. The summed E-state index contributed by atoms with van der Waals surface area (Å²) >= 11 is 0. The van der Waals surface area contributed by atoms with Gasteiger partial charge in [0.15, 0.2) is 0 Å². The molecule has 4 nitrogen and oxygen atoms in total. The SMILES string of the molecule is COCCNC(=O)C(C)NC(C)c1cc(F)cc(F)c1. The number of carbonyl (C=O) groups is 1. The molecule has 2 unspecified atom stereocenters. The van der Waals surface area contributed by atoms with Gasteiger partial charge in [-0.3, -0.25) is 10.1 Å². The number of ether oxygens (including phenoxy) is 1. The first-order valence-electron chi connectivity index (χ1n) is 6.42. The van der Waals surface area contributed by atoms with Gasteiger partial charge >= 0.3 is 0 Å². The van der Waals surface area contributed by atoms with E-state index in [2.05, 4.69) is 10.6 Å². The zero-order chi connectivity index (χ0) is 15.1. The second-order valence-electron chi connectivity index (χ2n) is 4.60. The molecule has 6 heteroatoms. The molecule has 0 aliphatic rings. The van der Waals surface area contributed by atoms with E-state index in [0.717, 1.165) is 6.07 Å². The number of amides is 1. The van der Waals surface area contributed by atoms with E-state index in [9.17, 15) is 13.6 Å². The van der Waals surface area contributed by atoms with Crippen molar-refractivity contribution in [3.05, 3.63) is 35.4 Å². The lowest BCUT2D eigenvalue weighted by atomic mass is 10.1. The molecular weight excluding hydrogens is 266 g/mol. The molecule has 0 aromatic heterocycles. The van der Waals surface area contributed by atoms with Crippen LogP contribution in [0.2, 0.25) is 0 Å². The van der Waals surface area contributed by atoms with Gasteiger partial charge in [-0.05, 0) is 31.5 Å². The van der Waals surface area contributed by atoms with Crippen molar-refractivity contribution in [2.45, 2.75) is 25.9 Å². The molecule has 1 rings (SSSR count). The third-order valence-electron chi connectivity index (χ3n) is 2.88. The molecular formula is C14H20F2N2O2. The van der Waals surface area contributed by atoms with Gasteiger partial charge in [0, 0.05) is 25.8 Å². The molecule has 1 aromatic rings. The number of carbonyl (C=O) groups excluding carboxylic acids is 1. The van der Waals surface area contributed by atoms with Gasteiger partial charge in [-0.1, -0.05) is 0 Å². The Labute approximate surface area is 117 Å². The fourth-order valence-electron chi connectivity index (χ4n) is 1.80. The summed E-state index contributed by atoms with van der Waals surface area (Å²) in [6, 6.07) is 2.49. The van der Waals surface area contributed by atoms with Crippen LogP contribution in [0.1, 0.15) is 25.5 Å². The third kappa shape index (κ3) is 5.22. The van der Waals surface area contributed by atoms with Gasteiger partial charge in [0.1, 0.15) is 11.6 Å². The van der Waals surface area contributed by atoms with Crippen LogP contribution in [-0.2, 0) is 9.53 Å². The highest BCUT2D eigenvalue weighted by Gasteiger charge is 2.16. The molecule has 0 saturated heterocycles. The van der Waals surface area contributed by atoms with Crippen LogP contribution in [0.5, 0.6) is 0 Å². The molecule has 0 radical (unpaired) electrons. The Bertz CT molecular complexity index is 435. The molecule has 0 aliphatic heterocycles. The summed E-state index contributed by atoms with van der Waals surface area (Å²) in [4.78, 5) is 11.7. The monoisotopic (exact) mass is 286 g/mol. The Kier molecular flexibility index (Phi) is 6.54. The lowest BCUT2D eigenvalue weighted by Gasteiger charge is -2.20. The number of hydrogen-bond donors (Lipinski definition) is 2. The second kappa shape index (κ2) is 7.91. The zero-order valence-corrected chi connectivity index (χ0v) is 11.9. The van der Waals surface area contributed by atoms with Crippen molar-refractivity contribution in [3.8, 4) is 0 Å². The standard InChI is InChI=1S/C14H20F2N2O2/c1-9(11-6-12(15)8-13(16)7-11)18-10(2)14(19)17-4-5-20-3/h6-10,18H,4-5H2,1-3H3,(H,17,19). The fraction of sp³-hybridized carbons (Fsp3) is 0.500. The number of methoxy groups -OCH3 is 1. The van der Waals surface area contributed by atoms with Crippen LogP contribution in [0.15, 0.2) is 18.2 Å². The number of halogens is 2. The van der Waals surface area contributed by atoms with E-state index < -0.39 is 17.7 Å². The second-order valence-corrected chi connectivity index (χ2v) is 4.60. The summed E-state index contributed by atoms with van der Waals surface area (Å²) in [7, 11) is 1.55. The highest BCUT2D eigenvalue weighted by molar-refractivity contribution is 5.81. The van der Waals surface area contributed by atoms with E-state index in [-0.39, 0.29) is 11.9 Å². The number of hydrogen-bond acceptors (Lipinski definition) is 3. The lowest BCUT2D eigenvalue weighted by molar-refractivity contribution is -0.123. The van der Waals surface area contributed by atoms with Crippen LogP contribution in [0.4, 0.5) is 8.78 Å². The van der Waals surface area contributed by atoms with Crippen LogP contribution < -0.4 is 10.6 Å². The number of benzene rings is 1. The molecule has 1 aromatic carbocycles. The Morgan fingerprint density at radius 3 is 2.40 bits per heavy atom. The Morgan fingerprint density at radius 2 is 1.85 bits per heavy atom. The summed E-state index contributed by atoms with van der Waals surface area (Å²) in [5.41, 5.74) is 0.457. The van der Waals surface area contributed by atoms with E-state index in [1.54, 1.807) is 21.0 Å². The Morgan fingerprint density at radius 1 is 1.25 bits per heavy atom. The Balaban J connectivity index is 2.56. The molecule has 0 aliphatic carbocycles. The molecule has 0 bridgehead atoms. The van der Waals surface area contributed by atoms with Crippen LogP contribution in [-0.4, -0.2) is 32.2 Å². The zero-order valence-electron chi connectivity index (χ0n) is 11.9. The Hall–Kier alpha value is -1.53. The van der Waals surface area contributed by atoms with Gasteiger partial charge in [-0.25, -0.2) is 8.78 Å². The van der Waals surface area contributed by atoms with Crippen LogP contribution in [0, 0.1) is 11.6 Å². The molecule has 1 amide bonds. The lowest BCUT2D eigenvalue weighted by Crippen LogP contribution is -2.44. The van der Waals surface area contributed by atoms with E-state index >= 15 is 0 Å². The molecule has 2 N–H and O–H groups in total. The predicted molar refractivity (Wildman–Crippen MR) is 72.3 cm³/mol. The molecule has 0 saturated carbocycles. The third-order valence-corrected chi connectivity index (χ3v) is 2.88. The van der Waals surface area contributed by atoms with Gasteiger partial charge < -0.3 is 10.1 Å². The first-order valence-corrected chi connectivity index (χ1v) is 6.42. The summed E-state index contributed by atoms with van der Waals surface area (Å²) in [6.45, 7) is 4.29. The minimum absolute atomic E-state index is 0.189. The average Bonchev–Trinajstić information content (AvgIpc) is 2.37. The first kappa shape index (κ1) is 16.5. The van der Waals surface area contributed by atoms with E-state index in [1.807, 2.05) is 0 Å². The maximum absolute atomic E-state index is 13.1. The maximum Gasteiger partial charge on any atom is 0.236 e. The van der Waals surface area contributed by atoms with E-state index in [4.69, 9.17) is 4.74 Å². The van der Waals surface area contributed by atoms with Gasteiger partial charge in [0.2, 0.25) is 5.91 Å². The molecule has 112 valence electrons. The van der Waals surface area contributed by atoms with Crippen molar-refractivity contribution in [1.29, 1.82) is 0 Å². The predicted octanol–water partition coefficient (Wildman–Crippen LogP) is 1.77. The minimum atomic E-state index is -0.633. The van der Waals surface area contributed by atoms with Gasteiger partial charge in [-0.15, -0.1) is 0 Å². The summed E-state index contributed by atoms with van der Waals surface area (Å²) in [5.74, 6) is -1.46. The molecule has 0 fully saturated rings. The highest BCUT2D eigenvalue weighted by Crippen LogP contribution is 2.16. The van der Waals surface area contributed by atoms with Crippen LogP contribution in [0.3, 0.4) is 0 Å². The first-order chi connectivity index (χ1) is 9.43. The smallest absolute Gasteiger partial charge is 0.236 e. The van der Waals surface area contributed by atoms with E-state index in [1.165, 1.54) is 12.1 Å². The van der Waals surface area contributed by atoms with E-state index in [0.29, 0.717) is 18.7 Å². The topological polar surface area (TPSA) is 50.4 Å². The minimum Gasteiger partial charge on any atom is -0.383 e. The van der Waals surface area contributed by atoms with Crippen LogP contribution in [0.25, 0.3) is 0 Å². The van der Waals surface area contributed by atoms with Crippen molar-refractivity contribution in [2.75, 3.05) is 20.3 Å². The van der Waals surface area contributed by atoms with Gasteiger partial charge in [0.25, 0.3) is 0 Å². The molecule has 0 heterocycles. The molecule has 20 heavy (non-hydrogen) atoms. The largest absolute Gasteiger partial charge is 0.383 e. The molecule has 0 spiro atoms. The average molecular weight is 286 g/mol. The maximum atomic E-state index is 13.1. The van der Waals surface area contributed by atoms with Crippen molar-refractivity contribution < 1.29 is 18.3 Å². The van der Waals surface area contributed by atoms with Crippen LogP contribution >= 0.6 is 0 Å². The quantitative estimate of drug-likeness (QED) is 0.751. The van der Waals surface area contributed by atoms with Crippen molar-refractivity contribution in [3.63, 3.8) is 0 Å². The van der Waals surface area contributed by atoms with Gasteiger partial charge in [-0.2, -0.15) is 0 Å². The summed E-state index contributed by atoms with van der Waals surface area (Å²) in [6.07, 6.45) is 0. The normalized spacial score (nSPS) is 13.8. The summed E-state index contributed by atoms with van der Waals surface area (Å²) in [5, 5.41) is 5.68. The van der Waals surface area contributed by atoms with Crippen molar-refractivity contribution in [1.82, 2.24) is 10.6 Å². The van der Waals surface area contributed by atoms with Crippen molar-refractivity contribution >= 4 is 5.91 Å². The highest BCUT2D eigenvalue weighted by atomic mass is 19.1. The number of nitrogens with one attached hydrogen (secondary N) is 2. The van der Waals surface area contributed by atoms with Gasteiger partial charge in [0.05, 0.1) is 12.6 Å². The summed E-state index contributed by atoms with van der Waals surface area (Å²) < 4.78 is 31.1.